The van der Waals surface area contributed by atoms with E-state index in [0.717, 1.165) is 22.6 Å². The van der Waals surface area contributed by atoms with Crippen molar-refractivity contribution in [3.05, 3.63) is 47.5 Å². The monoisotopic (exact) mass is 272 g/mol. The van der Waals surface area contributed by atoms with E-state index in [2.05, 4.69) is 15.3 Å². The highest BCUT2D eigenvalue weighted by Gasteiger charge is 2.05. The highest BCUT2D eigenvalue weighted by Crippen LogP contribution is 2.12. The van der Waals surface area contributed by atoms with Crippen LogP contribution in [0.4, 0.5) is 5.69 Å². The van der Waals surface area contributed by atoms with Gasteiger partial charge in [-0.2, -0.15) is 0 Å². The van der Waals surface area contributed by atoms with E-state index >= 15 is 0 Å². The number of carbonyl (C=O) groups excluding carboxylic acids is 1. The summed E-state index contributed by atoms with van der Waals surface area (Å²) in [7, 11) is 3.54. The van der Waals surface area contributed by atoms with E-state index in [1.807, 2.05) is 31.2 Å². The average Bonchev–Trinajstić information content (AvgIpc) is 2.83. The molecule has 2 rings (SSSR count). The molecule has 0 saturated carbocycles. The molecule has 1 amide bonds. The number of hydrogen-bond acceptors (Lipinski definition) is 3. The molecule has 0 aliphatic carbocycles. The van der Waals surface area contributed by atoms with Crippen molar-refractivity contribution in [3.8, 4) is 0 Å². The Hall–Kier alpha value is -2.30. The number of H-pyrrole nitrogens is 1. The van der Waals surface area contributed by atoms with Crippen LogP contribution in [0.3, 0.4) is 0 Å². The van der Waals surface area contributed by atoms with E-state index in [4.69, 9.17) is 0 Å². The number of imidazole rings is 1. The Morgan fingerprint density at radius 3 is 2.55 bits per heavy atom. The zero-order chi connectivity index (χ0) is 14.5. The van der Waals surface area contributed by atoms with Gasteiger partial charge in [0.05, 0.1) is 25.0 Å². The van der Waals surface area contributed by atoms with Crippen LogP contribution in [0, 0.1) is 6.92 Å². The lowest BCUT2D eigenvalue weighted by Crippen LogP contribution is -2.23. The number of carbonyl (C=O) groups is 1. The second-order valence-corrected chi connectivity index (χ2v) is 4.99. The lowest BCUT2D eigenvalue weighted by Gasteiger charge is -2.10. The van der Waals surface area contributed by atoms with Crippen molar-refractivity contribution in [2.45, 2.75) is 19.9 Å². The van der Waals surface area contributed by atoms with Crippen molar-refractivity contribution >= 4 is 11.6 Å². The number of rotatable bonds is 5. The summed E-state index contributed by atoms with van der Waals surface area (Å²) in [6.45, 7) is 2.69. The van der Waals surface area contributed by atoms with E-state index in [0.29, 0.717) is 13.0 Å². The van der Waals surface area contributed by atoms with E-state index in [-0.39, 0.29) is 5.91 Å². The maximum absolute atomic E-state index is 11.6. The van der Waals surface area contributed by atoms with E-state index in [1.165, 1.54) is 0 Å². The Kier molecular flexibility index (Phi) is 4.40. The number of anilines is 1. The minimum atomic E-state index is 0.109. The first-order valence-corrected chi connectivity index (χ1v) is 6.58. The lowest BCUT2D eigenvalue weighted by atomic mass is 10.1. The summed E-state index contributed by atoms with van der Waals surface area (Å²) in [4.78, 5) is 20.5. The SMILES string of the molecule is Cc1[nH]cnc1CNc1ccc(CC(=O)N(C)C)cc1. The molecule has 5 nitrogen and oxygen atoms in total. The normalized spacial score (nSPS) is 10.3. The fourth-order valence-electron chi connectivity index (χ4n) is 1.82. The summed E-state index contributed by atoms with van der Waals surface area (Å²) in [5, 5.41) is 3.31. The van der Waals surface area contributed by atoms with Crippen molar-refractivity contribution in [3.63, 3.8) is 0 Å². The van der Waals surface area contributed by atoms with E-state index in [1.54, 1.807) is 25.3 Å². The quantitative estimate of drug-likeness (QED) is 0.874. The molecule has 1 heterocycles. The average molecular weight is 272 g/mol. The minimum absolute atomic E-state index is 0.109. The number of likely N-dealkylation sites (N-methyl/N-ethyl adjacent to an activating group) is 1. The van der Waals surface area contributed by atoms with Crippen LogP contribution in [0.15, 0.2) is 30.6 Å². The van der Waals surface area contributed by atoms with Gasteiger partial charge in [-0.05, 0) is 24.6 Å². The molecule has 0 fully saturated rings. The summed E-state index contributed by atoms with van der Waals surface area (Å²) < 4.78 is 0. The third-order valence-corrected chi connectivity index (χ3v) is 3.20. The summed E-state index contributed by atoms with van der Waals surface area (Å²) in [5.74, 6) is 0.109. The zero-order valence-electron chi connectivity index (χ0n) is 12.1. The lowest BCUT2D eigenvalue weighted by molar-refractivity contribution is -0.127. The number of hydrogen-bond donors (Lipinski definition) is 2. The maximum atomic E-state index is 11.6. The fourth-order valence-corrected chi connectivity index (χ4v) is 1.82. The molecule has 1 aromatic carbocycles. The van der Waals surface area contributed by atoms with Gasteiger partial charge in [0.2, 0.25) is 5.91 Å². The summed E-state index contributed by atoms with van der Waals surface area (Å²) >= 11 is 0. The molecule has 0 radical (unpaired) electrons. The molecule has 0 bridgehead atoms. The van der Waals surface area contributed by atoms with Gasteiger partial charge in [-0.25, -0.2) is 4.98 Å². The Morgan fingerprint density at radius 1 is 1.30 bits per heavy atom. The second kappa shape index (κ2) is 6.23. The number of nitrogens with zero attached hydrogens (tertiary/aromatic N) is 2. The second-order valence-electron chi connectivity index (χ2n) is 4.99. The zero-order valence-corrected chi connectivity index (χ0v) is 12.1. The van der Waals surface area contributed by atoms with Crippen LogP contribution in [-0.4, -0.2) is 34.9 Å². The van der Waals surface area contributed by atoms with Gasteiger partial charge in [-0.3, -0.25) is 4.79 Å². The Morgan fingerprint density at radius 2 is 2.00 bits per heavy atom. The van der Waals surface area contributed by atoms with Gasteiger partial charge in [0.15, 0.2) is 0 Å². The van der Waals surface area contributed by atoms with Gasteiger partial charge in [0.25, 0.3) is 0 Å². The molecule has 5 heteroatoms. The van der Waals surface area contributed by atoms with Crippen molar-refractivity contribution in [2.75, 3.05) is 19.4 Å². The van der Waals surface area contributed by atoms with Crippen molar-refractivity contribution in [2.24, 2.45) is 0 Å². The first-order chi connectivity index (χ1) is 9.56. The number of aromatic nitrogens is 2. The maximum Gasteiger partial charge on any atom is 0.226 e. The first kappa shape index (κ1) is 14.1. The highest BCUT2D eigenvalue weighted by molar-refractivity contribution is 5.78. The van der Waals surface area contributed by atoms with Crippen LogP contribution < -0.4 is 5.32 Å². The van der Waals surface area contributed by atoms with Crippen molar-refractivity contribution in [1.29, 1.82) is 0 Å². The van der Waals surface area contributed by atoms with Crippen LogP contribution in [0.25, 0.3) is 0 Å². The molecule has 1 aromatic heterocycles. The van der Waals surface area contributed by atoms with Gasteiger partial charge in [-0.1, -0.05) is 12.1 Å². The third-order valence-electron chi connectivity index (χ3n) is 3.20. The molecule has 0 saturated heterocycles. The van der Waals surface area contributed by atoms with E-state index in [9.17, 15) is 4.79 Å². The van der Waals surface area contributed by atoms with Gasteiger partial charge in [0.1, 0.15) is 0 Å². The molecular weight excluding hydrogens is 252 g/mol. The number of aromatic amines is 1. The third kappa shape index (κ3) is 3.60. The standard InChI is InChI=1S/C15H20N4O/c1-11-14(18-10-17-11)9-16-13-6-4-12(5-7-13)8-15(20)19(2)3/h4-7,10,16H,8-9H2,1-3H3,(H,17,18). The molecule has 0 aliphatic rings. The molecule has 2 N–H and O–H groups in total. The van der Waals surface area contributed by atoms with Gasteiger partial charge >= 0.3 is 0 Å². The number of aryl methyl sites for hydroxylation is 1. The van der Waals surface area contributed by atoms with Gasteiger partial charge in [0, 0.05) is 25.5 Å². The Bertz CT molecular complexity index is 572. The van der Waals surface area contributed by atoms with Crippen LogP contribution >= 0.6 is 0 Å². The van der Waals surface area contributed by atoms with E-state index < -0.39 is 0 Å². The largest absolute Gasteiger partial charge is 0.379 e. The Balaban J connectivity index is 1.91. The summed E-state index contributed by atoms with van der Waals surface area (Å²) in [6.07, 6.45) is 2.13. The predicted molar refractivity (Wildman–Crippen MR) is 79.5 cm³/mol. The minimum Gasteiger partial charge on any atom is -0.379 e. The number of nitrogens with one attached hydrogen (secondary N) is 2. The van der Waals surface area contributed by atoms with Crippen molar-refractivity contribution in [1.82, 2.24) is 14.9 Å². The molecule has 0 atom stereocenters. The molecule has 106 valence electrons. The number of benzene rings is 1. The van der Waals surface area contributed by atoms with Crippen LogP contribution in [0.5, 0.6) is 0 Å². The Labute approximate surface area is 119 Å². The fraction of sp³-hybridized carbons (Fsp3) is 0.333. The van der Waals surface area contributed by atoms with Crippen LogP contribution in [0.1, 0.15) is 17.0 Å². The smallest absolute Gasteiger partial charge is 0.226 e. The summed E-state index contributed by atoms with van der Waals surface area (Å²) in [6, 6.07) is 7.92. The number of amides is 1. The van der Waals surface area contributed by atoms with Gasteiger partial charge in [-0.15, -0.1) is 0 Å². The molecule has 20 heavy (non-hydrogen) atoms. The molecule has 2 aromatic rings. The van der Waals surface area contributed by atoms with Crippen LogP contribution in [0.2, 0.25) is 0 Å². The molecule has 0 aliphatic heterocycles. The molecule has 0 spiro atoms. The van der Waals surface area contributed by atoms with Gasteiger partial charge < -0.3 is 15.2 Å². The van der Waals surface area contributed by atoms with Crippen LogP contribution in [-0.2, 0) is 17.8 Å². The predicted octanol–water partition coefficient (Wildman–Crippen LogP) is 1.96. The molecular formula is C15H20N4O. The molecule has 0 unspecified atom stereocenters. The highest BCUT2D eigenvalue weighted by atomic mass is 16.2. The summed E-state index contributed by atoms with van der Waals surface area (Å²) in [5.41, 5.74) is 4.13. The first-order valence-electron chi connectivity index (χ1n) is 6.58. The van der Waals surface area contributed by atoms with Crippen molar-refractivity contribution < 1.29 is 4.79 Å². The topological polar surface area (TPSA) is 61.0 Å².